The maximum atomic E-state index is 12.5. The van der Waals surface area contributed by atoms with Gasteiger partial charge < -0.3 is 0 Å². The van der Waals surface area contributed by atoms with Gasteiger partial charge >= 0.3 is 6.18 Å². The molecule has 0 heterocycles. The SMILES string of the molecule is Cc1ccc(CC(Br)c2ccc(C(F)(F)F)cc2)cc1C. The smallest absolute Gasteiger partial charge is 0.166 e. The van der Waals surface area contributed by atoms with Crippen molar-refractivity contribution in [3.05, 3.63) is 70.3 Å². The summed E-state index contributed by atoms with van der Waals surface area (Å²) in [4.78, 5) is 0.00175. The highest BCUT2D eigenvalue weighted by Crippen LogP contribution is 2.32. The summed E-state index contributed by atoms with van der Waals surface area (Å²) < 4.78 is 37.6. The molecular formula is C17H16BrF3. The average molecular weight is 357 g/mol. The fourth-order valence-electron chi connectivity index (χ4n) is 2.14. The molecule has 0 bridgehead atoms. The Balaban J connectivity index is 2.13. The van der Waals surface area contributed by atoms with Gasteiger partial charge in [-0.05, 0) is 54.7 Å². The standard InChI is InChI=1S/C17H16BrF3/c1-11-3-4-13(9-12(11)2)10-16(18)14-5-7-15(8-6-14)17(19,20)21/h3-9,16H,10H2,1-2H3. The van der Waals surface area contributed by atoms with Crippen LogP contribution in [0, 0.1) is 13.8 Å². The zero-order valence-electron chi connectivity index (χ0n) is 11.8. The summed E-state index contributed by atoms with van der Waals surface area (Å²) in [5.74, 6) is 0. The molecule has 1 atom stereocenters. The molecule has 0 aromatic heterocycles. The van der Waals surface area contributed by atoms with E-state index in [0.717, 1.165) is 24.1 Å². The molecule has 0 fully saturated rings. The Morgan fingerprint density at radius 1 is 0.952 bits per heavy atom. The van der Waals surface area contributed by atoms with E-state index in [0.29, 0.717) is 0 Å². The maximum absolute atomic E-state index is 12.5. The van der Waals surface area contributed by atoms with Crippen LogP contribution in [0.5, 0.6) is 0 Å². The summed E-state index contributed by atoms with van der Waals surface area (Å²) >= 11 is 3.56. The van der Waals surface area contributed by atoms with Crippen molar-refractivity contribution in [3.63, 3.8) is 0 Å². The fraction of sp³-hybridized carbons (Fsp3) is 0.294. The lowest BCUT2D eigenvalue weighted by Gasteiger charge is -2.13. The molecule has 0 saturated carbocycles. The van der Waals surface area contributed by atoms with Gasteiger partial charge in [-0.15, -0.1) is 0 Å². The molecule has 2 aromatic carbocycles. The minimum Gasteiger partial charge on any atom is -0.166 e. The second-order valence-corrected chi connectivity index (χ2v) is 6.32. The lowest BCUT2D eigenvalue weighted by molar-refractivity contribution is -0.137. The Hall–Kier alpha value is -1.29. The Morgan fingerprint density at radius 3 is 2.10 bits per heavy atom. The van der Waals surface area contributed by atoms with Gasteiger partial charge in [0.2, 0.25) is 0 Å². The van der Waals surface area contributed by atoms with Crippen LogP contribution in [-0.4, -0.2) is 0 Å². The van der Waals surface area contributed by atoms with Crippen molar-refractivity contribution in [1.29, 1.82) is 0 Å². The van der Waals surface area contributed by atoms with E-state index >= 15 is 0 Å². The van der Waals surface area contributed by atoms with Gasteiger partial charge in [0.05, 0.1) is 5.56 Å². The van der Waals surface area contributed by atoms with Crippen molar-refractivity contribution < 1.29 is 13.2 Å². The van der Waals surface area contributed by atoms with Crippen LogP contribution in [0.15, 0.2) is 42.5 Å². The van der Waals surface area contributed by atoms with Gasteiger partial charge in [0.25, 0.3) is 0 Å². The highest BCUT2D eigenvalue weighted by molar-refractivity contribution is 9.09. The maximum Gasteiger partial charge on any atom is 0.416 e. The van der Waals surface area contributed by atoms with Crippen molar-refractivity contribution in [3.8, 4) is 0 Å². The topological polar surface area (TPSA) is 0 Å². The van der Waals surface area contributed by atoms with Crippen molar-refractivity contribution >= 4 is 15.9 Å². The zero-order valence-corrected chi connectivity index (χ0v) is 13.4. The van der Waals surface area contributed by atoms with E-state index in [9.17, 15) is 13.2 Å². The fourth-order valence-corrected chi connectivity index (χ4v) is 2.82. The summed E-state index contributed by atoms with van der Waals surface area (Å²) in [5, 5.41) is 0. The summed E-state index contributed by atoms with van der Waals surface area (Å²) in [5.41, 5.74) is 3.86. The molecule has 0 amide bonds. The second-order valence-electron chi connectivity index (χ2n) is 5.21. The van der Waals surface area contributed by atoms with Crippen LogP contribution in [0.1, 0.15) is 32.6 Å². The molecule has 21 heavy (non-hydrogen) atoms. The van der Waals surface area contributed by atoms with Crippen LogP contribution >= 0.6 is 15.9 Å². The molecule has 0 aliphatic carbocycles. The third-order valence-electron chi connectivity index (χ3n) is 3.59. The Morgan fingerprint density at radius 2 is 1.57 bits per heavy atom. The van der Waals surface area contributed by atoms with Gasteiger partial charge in [-0.1, -0.05) is 46.3 Å². The van der Waals surface area contributed by atoms with Gasteiger partial charge in [0.1, 0.15) is 0 Å². The molecule has 4 heteroatoms. The minimum absolute atomic E-state index is 0.00175. The quantitative estimate of drug-likeness (QED) is 0.591. The lowest BCUT2D eigenvalue weighted by atomic mass is 10.00. The highest BCUT2D eigenvalue weighted by atomic mass is 79.9. The molecule has 0 radical (unpaired) electrons. The Kier molecular flexibility index (Phi) is 4.77. The molecule has 112 valence electrons. The predicted octanol–water partition coefficient (Wildman–Crippen LogP) is 6.00. The monoisotopic (exact) mass is 356 g/mol. The van der Waals surface area contributed by atoms with Gasteiger partial charge in [-0.2, -0.15) is 13.2 Å². The van der Waals surface area contributed by atoms with Gasteiger partial charge in [-0.3, -0.25) is 0 Å². The number of hydrogen-bond acceptors (Lipinski definition) is 0. The van der Waals surface area contributed by atoms with E-state index in [1.807, 2.05) is 0 Å². The minimum atomic E-state index is -4.28. The van der Waals surface area contributed by atoms with E-state index in [1.54, 1.807) is 0 Å². The Labute approximate surface area is 131 Å². The second kappa shape index (κ2) is 6.22. The molecule has 0 nitrogen and oxygen atoms in total. The molecule has 0 aliphatic rings. The summed E-state index contributed by atoms with van der Waals surface area (Å²) in [6.45, 7) is 4.11. The van der Waals surface area contributed by atoms with Gasteiger partial charge in [-0.25, -0.2) is 0 Å². The van der Waals surface area contributed by atoms with Gasteiger partial charge in [0, 0.05) is 4.83 Å². The molecule has 0 spiro atoms. The molecule has 0 N–H and O–H groups in total. The van der Waals surface area contributed by atoms with Crippen molar-refractivity contribution in [2.45, 2.75) is 31.3 Å². The van der Waals surface area contributed by atoms with Gasteiger partial charge in [0.15, 0.2) is 0 Å². The van der Waals surface area contributed by atoms with E-state index in [-0.39, 0.29) is 4.83 Å². The first-order chi connectivity index (χ1) is 9.77. The Bertz CT molecular complexity index is 615. The normalized spacial score (nSPS) is 13.2. The third-order valence-corrected chi connectivity index (χ3v) is 4.44. The van der Waals surface area contributed by atoms with Crippen LogP contribution in [0.4, 0.5) is 13.2 Å². The highest BCUT2D eigenvalue weighted by Gasteiger charge is 2.30. The molecule has 2 aromatic rings. The number of aryl methyl sites for hydroxylation is 2. The first kappa shape index (κ1) is 16.1. The average Bonchev–Trinajstić information content (AvgIpc) is 2.42. The molecule has 2 rings (SSSR count). The largest absolute Gasteiger partial charge is 0.416 e. The van der Waals surface area contributed by atoms with E-state index < -0.39 is 11.7 Å². The van der Waals surface area contributed by atoms with Crippen molar-refractivity contribution in [1.82, 2.24) is 0 Å². The number of alkyl halides is 4. The first-order valence-corrected chi connectivity index (χ1v) is 7.56. The van der Waals surface area contributed by atoms with Crippen LogP contribution in [0.2, 0.25) is 0 Å². The summed E-state index contributed by atoms with van der Waals surface area (Å²) in [6, 6.07) is 11.6. The lowest BCUT2D eigenvalue weighted by Crippen LogP contribution is -2.05. The molecule has 0 aliphatic heterocycles. The van der Waals surface area contributed by atoms with Crippen LogP contribution in [-0.2, 0) is 12.6 Å². The van der Waals surface area contributed by atoms with Crippen LogP contribution in [0.3, 0.4) is 0 Å². The van der Waals surface area contributed by atoms with Crippen LogP contribution < -0.4 is 0 Å². The van der Waals surface area contributed by atoms with E-state index in [4.69, 9.17) is 0 Å². The third kappa shape index (κ3) is 4.10. The van der Waals surface area contributed by atoms with Crippen LogP contribution in [0.25, 0.3) is 0 Å². The molecular weight excluding hydrogens is 341 g/mol. The van der Waals surface area contributed by atoms with E-state index in [2.05, 4.69) is 48.0 Å². The molecule has 0 saturated heterocycles. The predicted molar refractivity (Wildman–Crippen MR) is 82.7 cm³/mol. The zero-order chi connectivity index (χ0) is 15.6. The van der Waals surface area contributed by atoms with Crippen molar-refractivity contribution in [2.75, 3.05) is 0 Å². The summed E-state index contributed by atoms with van der Waals surface area (Å²) in [7, 11) is 0. The number of hydrogen-bond donors (Lipinski definition) is 0. The van der Waals surface area contributed by atoms with Crippen molar-refractivity contribution in [2.24, 2.45) is 0 Å². The number of benzene rings is 2. The summed E-state index contributed by atoms with van der Waals surface area (Å²) in [6.07, 6.45) is -3.54. The number of rotatable bonds is 3. The first-order valence-electron chi connectivity index (χ1n) is 6.65. The molecule has 1 unspecified atom stereocenters. The van der Waals surface area contributed by atoms with E-state index in [1.165, 1.54) is 28.8 Å². The number of halogens is 4.